The monoisotopic (exact) mass is 347 g/mol. The summed E-state index contributed by atoms with van der Waals surface area (Å²) in [4.78, 5) is 23.7. The number of aromatic nitrogens is 2. The molecule has 1 amide bonds. The summed E-state index contributed by atoms with van der Waals surface area (Å²) in [6.07, 6.45) is 15.1. The van der Waals surface area contributed by atoms with Crippen LogP contribution in [0, 0.1) is 0 Å². The van der Waals surface area contributed by atoms with Gasteiger partial charge >= 0.3 is 0 Å². The Labute approximate surface area is 153 Å². The van der Waals surface area contributed by atoms with E-state index < -0.39 is 0 Å². The van der Waals surface area contributed by atoms with Crippen molar-refractivity contribution in [2.45, 2.75) is 13.8 Å². The van der Waals surface area contributed by atoms with Crippen LogP contribution in [-0.2, 0) is 4.79 Å². The Morgan fingerprint density at radius 2 is 1.58 bits per heavy atom. The van der Waals surface area contributed by atoms with Gasteiger partial charge in [-0.25, -0.2) is 4.68 Å². The van der Waals surface area contributed by atoms with Gasteiger partial charge in [0.25, 0.3) is 5.91 Å². The van der Waals surface area contributed by atoms with Crippen LogP contribution in [0.2, 0.25) is 0 Å². The van der Waals surface area contributed by atoms with E-state index in [4.69, 9.17) is 0 Å². The lowest BCUT2D eigenvalue weighted by atomic mass is 10.1. The van der Waals surface area contributed by atoms with Crippen molar-refractivity contribution in [3.8, 4) is 11.3 Å². The van der Waals surface area contributed by atoms with Crippen LogP contribution in [0.3, 0.4) is 0 Å². The van der Waals surface area contributed by atoms with Crippen molar-refractivity contribution < 1.29 is 9.59 Å². The van der Waals surface area contributed by atoms with Crippen LogP contribution < -0.4 is 5.32 Å². The van der Waals surface area contributed by atoms with Crippen LogP contribution in [0.25, 0.3) is 11.3 Å². The third-order valence-electron chi connectivity index (χ3n) is 3.36. The van der Waals surface area contributed by atoms with Gasteiger partial charge in [0.15, 0.2) is 0 Å². The maximum atomic E-state index is 12.0. The summed E-state index contributed by atoms with van der Waals surface area (Å²) >= 11 is 0. The van der Waals surface area contributed by atoms with Crippen LogP contribution in [0.1, 0.15) is 18.6 Å². The van der Waals surface area contributed by atoms with E-state index in [1.807, 2.05) is 38.1 Å². The Bertz CT molecular complexity index is 869. The third-order valence-corrected chi connectivity index (χ3v) is 3.36. The van der Waals surface area contributed by atoms with Gasteiger partial charge in [0.2, 0.25) is 5.91 Å². The number of hydrogen-bond acceptors (Lipinski definition) is 3. The van der Waals surface area contributed by atoms with Gasteiger partial charge in [-0.2, -0.15) is 5.10 Å². The molecule has 0 bridgehead atoms. The fraction of sp³-hybridized carbons (Fsp3) is 0.0952. The number of allylic oxidation sites excluding steroid dienone is 7. The molecule has 1 aromatic heterocycles. The zero-order valence-corrected chi connectivity index (χ0v) is 14.8. The molecule has 0 saturated heterocycles. The van der Waals surface area contributed by atoms with E-state index in [2.05, 4.69) is 10.4 Å². The van der Waals surface area contributed by atoms with Crippen LogP contribution in [0.4, 0.5) is 5.69 Å². The van der Waals surface area contributed by atoms with E-state index in [1.165, 1.54) is 16.8 Å². The highest BCUT2D eigenvalue weighted by molar-refractivity contribution is 5.99. The highest BCUT2D eigenvalue weighted by Gasteiger charge is 2.06. The SMILES string of the molecule is C/C=C/C=C/C(=O)Nc1ccc(-c2ccn(C(=O)/C=C/C=C/C)n2)cc1. The second-order valence-corrected chi connectivity index (χ2v) is 5.32. The predicted octanol–water partition coefficient (Wildman–Crippen LogP) is 4.39. The zero-order chi connectivity index (χ0) is 18.8. The van der Waals surface area contributed by atoms with Crippen molar-refractivity contribution in [3.05, 3.63) is 85.1 Å². The molecule has 0 unspecified atom stereocenters. The van der Waals surface area contributed by atoms with Gasteiger partial charge in [-0.1, -0.05) is 48.6 Å². The Balaban J connectivity index is 2.04. The van der Waals surface area contributed by atoms with Crippen LogP contribution in [-0.4, -0.2) is 21.6 Å². The average molecular weight is 347 g/mol. The molecular formula is C21H21N3O2. The highest BCUT2D eigenvalue weighted by atomic mass is 16.2. The van der Waals surface area contributed by atoms with Gasteiger partial charge in [-0.05, 0) is 32.0 Å². The second-order valence-electron chi connectivity index (χ2n) is 5.32. The van der Waals surface area contributed by atoms with Gasteiger partial charge in [-0.15, -0.1) is 0 Å². The van der Waals surface area contributed by atoms with Gasteiger partial charge in [0, 0.05) is 29.6 Å². The van der Waals surface area contributed by atoms with E-state index in [0.29, 0.717) is 11.4 Å². The standard InChI is InChI=1S/C21H21N3O2/c1-3-5-7-9-20(25)22-18-13-11-17(12-14-18)19-15-16-24(23-19)21(26)10-8-6-4-2/h3-16H,1-2H3,(H,22,25)/b5-3+,6-4+,9-7+,10-8+. The first kappa shape index (κ1) is 18.9. The molecule has 5 nitrogen and oxygen atoms in total. The number of rotatable bonds is 6. The summed E-state index contributed by atoms with van der Waals surface area (Å²) in [7, 11) is 0. The number of amides is 1. The lowest BCUT2D eigenvalue weighted by Gasteiger charge is -2.03. The summed E-state index contributed by atoms with van der Waals surface area (Å²) < 4.78 is 1.29. The topological polar surface area (TPSA) is 64.0 Å². The lowest BCUT2D eigenvalue weighted by Crippen LogP contribution is -2.08. The first-order valence-corrected chi connectivity index (χ1v) is 8.24. The predicted molar refractivity (Wildman–Crippen MR) is 105 cm³/mol. The Hall–Kier alpha value is -3.47. The van der Waals surface area contributed by atoms with Crippen LogP contribution in [0.5, 0.6) is 0 Å². The first-order chi connectivity index (χ1) is 12.6. The molecule has 0 aliphatic carbocycles. The van der Waals surface area contributed by atoms with Crippen molar-refractivity contribution >= 4 is 17.5 Å². The van der Waals surface area contributed by atoms with Crippen molar-refractivity contribution in [2.24, 2.45) is 0 Å². The minimum absolute atomic E-state index is 0.196. The number of benzene rings is 1. The van der Waals surface area contributed by atoms with Crippen LogP contribution >= 0.6 is 0 Å². The number of carbonyl (C=O) groups is 2. The molecular weight excluding hydrogens is 326 g/mol. The van der Waals surface area contributed by atoms with E-state index in [9.17, 15) is 9.59 Å². The van der Waals surface area contributed by atoms with Crippen LogP contribution in [0.15, 0.2) is 85.1 Å². The Kier molecular flexibility index (Phi) is 7.06. The molecule has 5 heteroatoms. The summed E-state index contributed by atoms with van der Waals surface area (Å²) in [5, 5.41) is 7.06. The summed E-state index contributed by atoms with van der Waals surface area (Å²) in [5.41, 5.74) is 2.23. The normalized spacial score (nSPS) is 11.9. The molecule has 0 atom stereocenters. The van der Waals surface area contributed by atoms with Gasteiger partial charge in [0.05, 0.1) is 5.69 Å². The fourth-order valence-corrected chi connectivity index (χ4v) is 2.09. The van der Waals surface area contributed by atoms with E-state index in [-0.39, 0.29) is 11.8 Å². The highest BCUT2D eigenvalue weighted by Crippen LogP contribution is 2.19. The maximum absolute atomic E-state index is 12.0. The minimum atomic E-state index is -0.217. The first-order valence-electron chi connectivity index (χ1n) is 8.24. The molecule has 0 fully saturated rings. The van der Waals surface area contributed by atoms with E-state index in [1.54, 1.807) is 48.7 Å². The molecule has 2 rings (SSSR count). The van der Waals surface area contributed by atoms with Gasteiger partial charge in [0.1, 0.15) is 0 Å². The Morgan fingerprint density at radius 1 is 0.923 bits per heavy atom. The molecule has 0 aliphatic rings. The molecule has 1 heterocycles. The molecule has 0 saturated carbocycles. The summed E-state index contributed by atoms with van der Waals surface area (Å²) in [5.74, 6) is -0.412. The number of nitrogens with one attached hydrogen (secondary N) is 1. The number of anilines is 1. The molecule has 1 aromatic carbocycles. The average Bonchev–Trinajstić information content (AvgIpc) is 3.13. The molecule has 0 aliphatic heterocycles. The zero-order valence-electron chi connectivity index (χ0n) is 14.8. The van der Waals surface area contributed by atoms with E-state index in [0.717, 1.165) is 5.56 Å². The quantitative estimate of drug-likeness (QED) is 0.622. The number of nitrogens with zero attached hydrogens (tertiary/aromatic N) is 2. The van der Waals surface area contributed by atoms with Gasteiger partial charge in [-0.3, -0.25) is 9.59 Å². The summed E-state index contributed by atoms with van der Waals surface area (Å²) in [6.45, 7) is 3.76. The molecule has 0 radical (unpaired) electrons. The molecule has 2 aromatic rings. The van der Waals surface area contributed by atoms with Crippen molar-refractivity contribution in [3.63, 3.8) is 0 Å². The van der Waals surface area contributed by atoms with Crippen molar-refractivity contribution in [1.82, 2.24) is 9.78 Å². The minimum Gasteiger partial charge on any atom is -0.323 e. The molecule has 132 valence electrons. The number of carbonyl (C=O) groups excluding carboxylic acids is 2. The van der Waals surface area contributed by atoms with Crippen molar-refractivity contribution in [1.29, 1.82) is 0 Å². The van der Waals surface area contributed by atoms with E-state index >= 15 is 0 Å². The second kappa shape index (κ2) is 9.74. The van der Waals surface area contributed by atoms with Gasteiger partial charge < -0.3 is 5.32 Å². The molecule has 1 N–H and O–H groups in total. The van der Waals surface area contributed by atoms with Crippen molar-refractivity contribution in [2.75, 3.05) is 5.32 Å². The smallest absolute Gasteiger partial charge is 0.270 e. The molecule has 26 heavy (non-hydrogen) atoms. The largest absolute Gasteiger partial charge is 0.323 e. The fourth-order valence-electron chi connectivity index (χ4n) is 2.09. The number of hydrogen-bond donors (Lipinski definition) is 1. The molecule has 0 spiro atoms. The third kappa shape index (κ3) is 5.56. The Morgan fingerprint density at radius 3 is 2.23 bits per heavy atom. The summed E-state index contributed by atoms with van der Waals surface area (Å²) in [6, 6.07) is 9.05. The lowest BCUT2D eigenvalue weighted by molar-refractivity contribution is -0.111. The maximum Gasteiger partial charge on any atom is 0.270 e.